The van der Waals surface area contributed by atoms with Gasteiger partial charge in [-0.1, -0.05) is 42.5 Å². The number of amides is 1. The number of anilines is 6. The van der Waals surface area contributed by atoms with E-state index in [1.807, 2.05) is 110 Å². The molecule has 7 nitrogen and oxygen atoms in total. The number of carbonyl (C=O) groups is 1. The van der Waals surface area contributed by atoms with E-state index in [-0.39, 0.29) is 5.91 Å². The Labute approximate surface area is 199 Å². The van der Waals surface area contributed by atoms with Crippen LogP contribution in [0.4, 0.5) is 34.5 Å². The molecule has 0 aliphatic carbocycles. The smallest absolute Gasteiger partial charge is 0.260 e. The molecule has 1 aromatic heterocycles. The molecular weight excluding hydrogens is 424 g/mol. The molecular formula is C27H26N6O. The molecule has 7 heteroatoms. The van der Waals surface area contributed by atoms with Gasteiger partial charge in [-0.05, 0) is 42.0 Å². The predicted molar refractivity (Wildman–Crippen MR) is 138 cm³/mol. The van der Waals surface area contributed by atoms with Crippen LogP contribution in [0.5, 0.6) is 0 Å². The summed E-state index contributed by atoms with van der Waals surface area (Å²) in [5, 5.41) is 3.29. The summed E-state index contributed by atoms with van der Waals surface area (Å²) >= 11 is 0. The normalized spacial score (nSPS) is 12.6. The third-order valence-electron chi connectivity index (χ3n) is 5.92. The molecule has 0 saturated carbocycles. The van der Waals surface area contributed by atoms with Gasteiger partial charge in [-0.15, -0.1) is 0 Å². The van der Waals surface area contributed by atoms with E-state index >= 15 is 0 Å². The van der Waals surface area contributed by atoms with Gasteiger partial charge in [0.15, 0.2) is 5.82 Å². The van der Waals surface area contributed by atoms with Crippen molar-refractivity contribution in [2.45, 2.75) is 6.54 Å². The minimum atomic E-state index is -0.0753. The maximum atomic E-state index is 13.6. The Morgan fingerprint density at radius 2 is 1.59 bits per heavy atom. The molecule has 0 radical (unpaired) electrons. The molecule has 0 bridgehead atoms. The summed E-state index contributed by atoms with van der Waals surface area (Å²) in [7, 11) is 5.95. The van der Waals surface area contributed by atoms with Crippen LogP contribution in [0.15, 0.2) is 85.1 Å². The van der Waals surface area contributed by atoms with Crippen molar-refractivity contribution >= 4 is 40.4 Å². The number of nitrogens with one attached hydrogen (secondary N) is 1. The standard InChI is InChI=1S/C27H26N6O/c1-31(2)21-15-13-20(14-16-21)29-27-28-17-24-25(30-27)32(3)23-12-8-7-11-22(23)26(34)33(24)18-19-9-5-4-6-10-19/h4-17H,18H2,1-3H3,(H,28,29,30). The lowest BCUT2D eigenvalue weighted by molar-refractivity contribution is 0.0986. The molecule has 0 spiro atoms. The van der Waals surface area contributed by atoms with Crippen molar-refractivity contribution in [3.8, 4) is 0 Å². The average molecular weight is 451 g/mol. The Balaban J connectivity index is 1.55. The fourth-order valence-electron chi connectivity index (χ4n) is 4.07. The zero-order valence-electron chi connectivity index (χ0n) is 19.4. The average Bonchev–Trinajstić information content (AvgIpc) is 2.95. The minimum Gasteiger partial charge on any atom is -0.378 e. The molecule has 4 aromatic rings. The van der Waals surface area contributed by atoms with Crippen molar-refractivity contribution in [2.24, 2.45) is 0 Å². The zero-order chi connectivity index (χ0) is 23.7. The number of hydrogen-bond acceptors (Lipinski definition) is 6. The number of nitrogens with zero attached hydrogens (tertiary/aromatic N) is 5. The van der Waals surface area contributed by atoms with Crippen LogP contribution in [0.2, 0.25) is 0 Å². The number of rotatable bonds is 5. The highest BCUT2D eigenvalue weighted by Gasteiger charge is 2.31. The summed E-state index contributed by atoms with van der Waals surface area (Å²) in [5.74, 6) is 1.06. The molecule has 1 aliphatic rings. The molecule has 170 valence electrons. The van der Waals surface area contributed by atoms with Crippen molar-refractivity contribution in [1.82, 2.24) is 9.97 Å². The Hall–Kier alpha value is -4.39. The molecule has 0 unspecified atom stereocenters. The van der Waals surface area contributed by atoms with E-state index in [0.717, 1.165) is 22.6 Å². The molecule has 0 fully saturated rings. The summed E-state index contributed by atoms with van der Waals surface area (Å²) < 4.78 is 0. The minimum absolute atomic E-state index is 0.0753. The first kappa shape index (κ1) is 21.5. The van der Waals surface area contributed by atoms with E-state index in [1.54, 1.807) is 11.1 Å². The zero-order valence-corrected chi connectivity index (χ0v) is 19.4. The maximum Gasteiger partial charge on any atom is 0.260 e. The maximum absolute atomic E-state index is 13.6. The predicted octanol–water partition coefficient (Wildman–Crippen LogP) is 5.21. The fourth-order valence-corrected chi connectivity index (χ4v) is 4.07. The summed E-state index contributed by atoms with van der Waals surface area (Å²) in [6, 6.07) is 25.6. The Morgan fingerprint density at radius 3 is 2.32 bits per heavy atom. The van der Waals surface area contributed by atoms with Crippen molar-refractivity contribution in [3.05, 3.63) is 96.2 Å². The molecule has 3 aromatic carbocycles. The van der Waals surface area contributed by atoms with Gasteiger partial charge in [0.1, 0.15) is 5.69 Å². The van der Waals surface area contributed by atoms with Gasteiger partial charge in [-0.25, -0.2) is 4.98 Å². The molecule has 0 atom stereocenters. The third kappa shape index (κ3) is 4.03. The van der Waals surface area contributed by atoms with Crippen LogP contribution < -0.4 is 20.0 Å². The highest BCUT2D eigenvalue weighted by Crippen LogP contribution is 2.39. The lowest BCUT2D eigenvalue weighted by Crippen LogP contribution is -2.30. The fraction of sp³-hybridized carbons (Fsp3) is 0.148. The van der Waals surface area contributed by atoms with Gasteiger partial charge in [0.2, 0.25) is 5.95 Å². The van der Waals surface area contributed by atoms with Gasteiger partial charge < -0.3 is 15.1 Å². The van der Waals surface area contributed by atoms with E-state index in [9.17, 15) is 4.79 Å². The summed E-state index contributed by atoms with van der Waals surface area (Å²) in [5.41, 5.74) is 5.14. The highest BCUT2D eigenvalue weighted by atomic mass is 16.2. The topological polar surface area (TPSA) is 64.6 Å². The second kappa shape index (κ2) is 8.86. The largest absolute Gasteiger partial charge is 0.378 e. The van der Waals surface area contributed by atoms with Gasteiger partial charge in [0.25, 0.3) is 5.91 Å². The summed E-state index contributed by atoms with van der Waals surface area (Å²) in [6.45, 7) is 0.428. The van der Waals surface area contributed by atoms with Gasteiger partial charge in [-0.2, -0.15) is 4.98 Å². The SMILES string of the molecule is CN(C)c1ccc(Nc2ncc3c(n2)N(C)c2ccccc2C(=O)N3Cc2ccccc2)cc1. The third-order valence-corrected chi connectivity index (χ3v) is 5.92. The van der Waals surface area contributed by atoms with Crippen molar-refractivity contribution in [2.75, 3.05) is 41.2 Å². The number of hydrogen-bond donors (Lipinski definition) is 1. The number of aromatic nitrogens is 2. The lowest BCUT2D eigenvalue weighted by atomic mass is 10.1. The highest BCUT2D eigenvalue weighted by molar-refractivity contribution is 6.13. The number of benzene rings is 3. The van der Waals surface area contributed by atoms with Crippen LogP contribution in [-0.4, -0.2) is 37.0 Å². The summed E-state index contributed by atoms with van der Waals surface area (Å²) in [4.78, 5) is 28.8. The molecule has 0 saturated heterocycles. The van der Waals surface area contributed by atoms with Crippen LogP contribution in [0.25, 0.3) is 0 Å². The van der Waals surface area contributed by atoms with E-state index < -0.39 is 0 Å². The Morgan fingerprint density at radius 1 is 0.882 bits per heavy atom. The van der Waals surface area contributed by atoms with E-state index in [2.05, 4.69) is 10.3 Å². The molecule has 34 heavy (non-hydrogen) atoms. The van der Waals surface area contributed by atoms with E-state index in [0.29, 0.717) is 29.6 Å². The number of para-hydroxylation sites is 1. The van der Waals surface area contributed by atoms with Crippen LogP contribution >= 0.6 is 0 Å². The van der Waals surface area contributed by atoms with Crippen molar-refractivity contribution in [1.29, 1.82) is 0 Å². The van der Waals surface area contributed by atoms with Crippen LogP contribution in [0.3, 0.4) is 0 Å². The van der Waals surface area contributed by atoms with Gasteiger partial charge in [-0.3, -0.25) is 9.69 Å². The Bertz CT molecular complexity index is 1320. The lowest BCUT2D eigenvalue weighted by Gasteiger charge is -2.24. The van der Waals surface area contributed by atoms with Crippen LogP contribution in [0.1, 0.15) is 15.9 Å². The molecule has 1 amide bonds. The first-order valence-corrected chi connectivity index (χ1v) is 11.1. The van der Waals surface area contributed by atoms with Crippen LogP contribution in [0, 0.1) is 0 Å². The van der Waals surface area contributed by atoms with Crippen molar-refractivity contribution < 1.29 is 4.79 Å². The molecule has 2 heterocycles. The van der Waals surface area contributed by atoms with Crippen molar-refractivity contribution in [3.63, 3.8) is 0 Å². The first-order valence-electron chi connectivity index (χ1n) is 11.1. The number of carbonyl (C=O) groups excluding carboxylic acids is 1. The second-order valence-electron chi connectivity index (χ2n) is 8.42. The number of fused-ring (bicyclic) bond motifs is 2. The first-order chi connectivity index (χ1) is 16.5. The second-order valence-corrected chi connectivity index (χ2v) is 8.42. The monoisotopic (exact) mass is 450 g/mol. The Kier molecular flexibility index (Phi) is 5.59. The van der Waals surface area contributed by atoms with E-state index in [1.165, 1.54) is 0 Å². The van der Waals surface area contributed by atoms with Gasteiger partial charge in [0, 0.05) is 32.5 Å². The molecule has 1 N–H and O–H groups in total. The molecule has 1 aliphatic heterocycles. The van der Waals surface area contributed by atoms with Crippen LogP contribution in [-0.2, 0) is 6.54 Å². The summed E-state index contributed by atoms with van der Waals surface area (Å²) in [6.07, 6.45) is 1.72. The van der Waals surface area contributed by atoms with E-state index in [4.69, 9.17) is 4.98 Å². The quantitative estimate of drug-likeness (QED) is 0.450. The van der Waals surface area contributed by atoms with Gasteiger partial charge in [0.05, 0.1) is 24.0 Å². The van der Waals surface area contributed by atoms with Gasteiger partial charge >= 0.3 is 0 Å². The molecule has 5 rings (SSSR count).